The topological polar surface area (TPSA) is 29.4 Å². The van der Waals surface area contributed by atoms with Gasteiger partial charge in [0, 0.05) is 17.5 Å². The molecule has 0 atom stereocenters. The van der Waals surface area contributed by atoms with E-state index in [2.05, 4.69) is 11.6 Å². The van der Waals surface area contributed by atoms with Gasteiger partial charge >= 0.3 is 0 Å². The first kappa shape index (κ1) is 17.1. The van der Waals surface area contributed by atoms with Crippen molar-refractivity contribution in [2.45, 2.75) is 58.8 Å². The van der Waals surface area contributed by atoms with Gasteiger partial charge in [-0.15, -0.1) is 0 Å². The van der Waals surface area contributed by atoms with Gasteiger partial charge in [0.1, 0.15) is 0 Å². The molecule has 2 fully saturated rings. The number of carbonyl (C=O) groups excluding carboxylic acids is 1. The molecule has 0 bridgehead atoms. The van der Waals surface area contributed by atoms with E-state index in [0.717, 1.165) is 46.6 Å². The summed E-state index contributed by atoms with van der Waals surface area (Å²) in [5.74, 6) is 2.95. The Balaban J connectivity index is 1.51. The Kier molecular flexibility index (Phi) is 5.33. The second-order valence-electron chi connectivity index (χ2n) is 7.77. The standard InChI is InChI=1S/C22H29NO/c1-15-12-21(17(3)24)10-11-22(15)14-23-16(2)13-18-4-6-19(7-5-18)20-8-9-20/h10-12,14,18-20H,2,4-9,13H2,1,3H3. The number of Topliss-reactive ketones (excluding diaryl/α,β-unsaturated/α-hetero) is 1. The maximum atomic E-state index is 11.4. The molecule has 0 spiro atoms. The van der Waals surface area contributed by atoms with E-state index in [1.54, 1.807) is 6.92 Å². The third-order valence-electron chi connectivity index (χ3n) is 5.77. The lowest BCUT2D eigenvalue weighted by Crippen LogP contribution is -2.16. The lowest BCUT2D eigenvalue weighted by Gasteiger charge is -2.28. The van der Waals surface area contributed by atoms with Crippen molar-refractivity contribution in [2.24, 2.45) is 22.7 Å². The number of benzene rings is 1. The Hall–Kier alpha value is -1.70. The molecule has 0 radical (unpaired) electrons. The van der Waals surface area contributed by atoms with Crippen molar-refractivity contribution >= 4 is 12.0 Å². The number of rotatable bonds is 6. The van der Waals surface area contributed by atoms with Crippen LogP contribution < -0.4 is 0 Å². The molecule has 0 aliphatic heterocycles. The fraction of sp³-hybridized carbons (Fsp3) is 0.545. The smallest absolute Gasteiger partial charge is 0.159 e. The second kappa shape index (κ2) is 7.46. The van der Waals surface area contributed by atoms with Crippen molar-refractivity contribution < 1.29 is 4.79 Å². The van der Waals surface area contributed by atoms with Crippen LogP contribution >= 0.6 is 0 Å². The predicted octanol–water partition coefficient (Wildman–Crippen LogP) is 5.74. The Morgan fingerprint density at radius 3 is 2.33 bits per heavy atom. The van der Waals surface area contributed by atoms with Gasteiger partial charge in [-0.2, -0.15) is 0 Å². The maximum Gasteiger partial charge on any atom is 0.159 e. The van der Waals surface area contributed by atoms with Crippen LogP contribution in [0, 0.1) is 24.7 Å². The number of hydrogen-bond acceptors (Lipinski definition) is 2. The van der Waals surface area contributed by atoms with E-state index in [4.69, 9.17) is 0 Å². The Morgan fingerprint density at radius 2 is 1.79 bits per heavy atom. The molecule has 2 nitrogen and oxygen atoms in total. The number of aryl methyl sites for hydroxylation is 1. The van der Waals surface area contributed by atoms with Gasteiger partial charge in [0.15, 0.2) is 5.78 Å². The number of carbonyl (C=O) groups is 1. The van der Waals surface area contributed by atoms with Crippen LogP contribution in [0.2, 0.25) is 0 Å². The number of allylic oxidation sites excluding steroid dienone is 1. The van der Waals surface area contributed by atoms with E-state index in [9.17, 15) is 4.79 Å². The highest BCUT2D eigenvalue weighted by atomic mass is 16.1. The molecule has 2 aliphatic carbocycles. The van der Waals surface area contributed by atoms with E-state index >= 15 is 0 Å². The van der Waals surface area contributed by atoms with Gasteiger partial charge < -0.3 is 0 Å². The second-order valence-corrected chi connectivity index (χ2v) is 7.77. The fourth-order valence-electron chi connectivity index (χ4n) is 4.02. The summed E-state index contributed by atoms with van der Waals surface area (Å²) < 4.78 is 0. The number of hydrogen-bond donors (Lipinski definition) is 0. The van der Waals surface area contributed by atoms with E-state index in [1.165, 1.54) is 38.5 Å². The van der Waals surface area contributed by atoms with Crippen LogP contribution in [-0.2, 0) is 0 Å². The summed E-state index contributed by atoms with van der Waals surface area (Å²) in [5.41, 5.74) is 3.90. The lowest BCUT2D eigenvalue weighted by atomic mass is 9.78. The summed E-state index contributed by atoms with van der Waals surface area (Å²) in [4.78, 5) is 16.0. The first-order valence-electron chi connectivity index (χ1n) is 9.36. The molecule has 1 aromatic rings. The Morgan fingerprint density at radius 1 is 1.17 bits per heavy atom. The van der Waals surface area contributed by atoms with Crippen LogP contribution in [0.5, 0.6) is 0 Å². The molecule has 2 saturated carbocycles. The largest absolute Gasteiger partial charge is 0.295 e. The van der Waals surface area contributed by atoms with Crippen molar-refractivity contribution in [3.63, 3.8) is 0 Å². The van der Waals surface area contributed by atoms with Crippen molar-refractivity contribution in [3.8, 4) is 0 Å². The number of aliphatic imine (C=N–C) groups is 1. The average molecular weight is 323 g/mol. The van der Waals surface area contributed by atoms with Crippen LogP contribution in [0.15, 0.2) is 35.5 Å². The van der Waals surface area contributed by atoms with E-state index in [0.29, 0.717) is 0 Å². The number of ketones is 1. The van der Waals surface area contributed by atoms with Crippen molar-refractivity contribution in [1.82, 2.24) is 0 Å². The van der Waals surface area contributed by atoms with Gasteiger partial charge in [0.05, 0.1) is 0 Å². The summed E-state index contributed by atoms with van der Waals surface area (Å²) in [7, 11) is 0. The van der Waals surface area contributed by atoms with Gasteiger partial charge in [-0.1, -0.05) is 18.7 Å². The van der Waals surface area contributed by atoms with Crippen LogP contribution in [0.25, 0.3) is 0 Å². The summed E-state index contributed by atoms with van der Waals surface area (Å²) in [5, 5.41) is 0. The molecule has 0 N–H and O–H groups in total. The zero-order valence-electron chi connectivity index (χ0n) is 15.1. The van der Waals surface area contributed by atoms with Gasteiger partial charge in [0.2, 0.25) is 0 Å². The molecule has 0 heterocycles. The minimum absolute atomic E-state index is 0.104. The van der Waals surface area contributed by atoms with E-state index in [-0.39, 0.29) is 5.78 Å². The molecule has 1 aromatic carbocycles. The molecular formula is C22H29NO. The SMILES string of the molecule is C=C(CC1CCC(C2CC2)CC1)N=Cc1ccc(C(C)=O)cc1C. The zero-order valence-corrected chi connectivity index (χ0v) is 15.1. The maximum absolute atomic E-state index is 11.4. The highest BCUT2D eigenvalue weighted by Crippen LogP contribution is 2.45. The molecule has 24 heavy (non-hydrogen) atoms. The molecule has 2 heteroatoms. The van der Waals surface area contributed by atoms with Crippen LogP contribution in [0.3, 0.4) is 0 Å². The van der Waals surface area contributed by atoms with Crippen molar-refractivity contribution in [1.29, 1.82) is 0 Å². The molecule has 128 valence electrons. The predicted molar refractivity (Wildman–Crippen MR) is 101 cm³/mol. The monoisotopic (exact) mass is 323 g/mol. The van der Waals surface area contributed by atoms with E-state index < -0.39 is 0 Å². The minimum Gasteiger partial charge on any atom is -0.295 e. The lowest BCUT2D eigenvalue weighted by molar-refractivity contribution is 0.101. The quantitative estimate of drug-likeness (QED) is 0.485. The molecule has 0 aromatic heterocycles. The van der Waals surface area contributed by atoms with Crippen molar-refractivity contribution in [2.75, 3.05) is 0 Å². The molecule has 2 aliphatic rings. The Bertz CT molecular complexity index is 646. The molecule has 0 unspecified atom stereocenters. The molecular weight excluding hydrogens is 294 g/mol. The van der Waals surface area contributed by atoms with E-state index in [1.807, 2.05) is 31.3 Å². The van der Waals surface area contributed by atoms with Gasteiger partial charge in [-0.3, -0.25) is 9.79 Å². The third kappa shape index (κ3) is 4.43. The molecule has 3 rings (SSSR count). The number of nitrogens with zero attached hydrogens (tertiary/aromatic N) is 1. The van der Waals surface area contributed by atoms with Gasteiger partial charge in [0.25, 0.3) is 0 Å². The third-order valence-corrected chi connectivity index (χ3v) is 5.77. The van der Waals surface area contributed by atoms with Crippen LogP contribution in [0.1, 0.15) is 73.4 Å². The zero-order chi connectivity index (χ0) is 17.1. The molecule has 0 amide bonds. The molecule has 0 saturated heterocycles. The average Bonchev–Trinajstić information content (AvgIpc) is 3.39. The first-order chi connectivity index (χ1) is 11.5. The highest BCUT2D eigenvalue weighted by molar-refractivity contribution is 5.95. The summed E-state index contributed by atoms with van der Waals surface area (Å²) >= 11 is 0. The summed E-state index contributed by atoms with van der Waals surface area (Å²) in [6.45, 7) is 7.78. The Labute approximate surface area is 146 Å². The normalized spacial score (nSPS) is 24.2. The summed E-state index contributed by atoms with van der Waals surface area (Å²) in [6.07, 6.45) is 11.4. The van der Waals surface area contributed by atoms with Crippen LogP contribution in [0.4, 0.5) is 0 Å². The van der Waals surface area contributed by atoms with Crippen molar-refractivity contribution in [3.05, 3.63) is 47.2 Å². The highest BCUT2D eigenvalue weighted by Gasteiger charge is 2.33. The first-order valence-corrected chi connectivity index (χ1v) is 9.36. The van der Waals surface area contributed by atoms with Gasteiger partial charge in [-0.05, 0) is 93.7 Å². The van der Waals surface area contributed by atoms with Crippen LogP contribution in [-0.4, -0.2) is 12.0 Å². The summed E-state index contributed by atoms with van der Waals surface area (Å²) in [6, 6.07) is 5.79. The van der Waals surface area contributed by atoms with Gasteiger partial charge in [-0.25, -0.2) is 0 Å². The minimum atomic E-state index is 0.104. The fourth-order valence-corrected chi connectivity index (χ4v) is 4.02.